The Balaban J connectivity index is 2.80. The van der Waals surface area contributed by atoms with E-state index in [1.54, 1.807) is 13.2 Å². The van der Waals surface area contributed by atoms with E-state index in [1.807, 2.05) is 12.1 Å². The number of benzene rings is 1. The molecule has 0 heterocycles. The maximum absolute atomic E-state index is 9.72. The van der Waals surface area contributed by atoms with E-state index in [4.69, 9.17) is 4.74 Å². The molecule has 0 amide bonds. The summed E-state index contributed by atoms with van der Waals surface area (Å²) in [6.45, 7) is 8.96. The van der Waals surface area contributed by atoms with Crippen LogP contribution in [-0.4, -0.2) is 12.2 Å². The van der Waals surface area contributed by atoms with Crippen molar-refractivity contribution in [1.29, 1.82) is 0 Å². The van der Waals surface area contributed by atoms with Crippen LogP contribution in [0.15, 0.2) is 18.2 Å². The molecule has 2 heteroatoms. The Bertz CT molecular complexity index is 381. The molecule has 0 aliphatic carbocycles. The van der Waals surface area contributed by atoms with E-state index in [1.165, 1.54) is 12.8 Å². The van der Waals surface area contributed by atoms with Crippen LogP contribution in [0.1, 0.15) is 52.5 Å². The number of aromatic hydroxyl groups is 1. The fraction of sp³-hybridized carbons (Fsp3) is 0.625. The summed E-state index contributed by atoms with van der Waals surface area (Å²) < 4.78 is 5.21. The Labute approximate surface area is 111 Å². The molecule has 0 spiro atoms. The largest absolute Gasteiger partial charge is 0.508 e. The predicted molar refractivity (Wildman–Crippen MR) is 76.4 cm³/mol. The van der Waals surface area contributed by atoms with Crippen LogP contribution >= 0.6 is 0 Å². The Morgan fingerprint density at radius 2 is 1.89 bits per heavy atom. The van der Waals surface area contributed by atoms with Crippen LogP contribution in [0.4, 0.5) is 0 Å². The first-order chi connectivity index (χ1) is 8.35. The van der Waals surface area contributed by atoms with E-state index < -0.39 is 0 Å². The van der Waals surface area contributed by atoms with Crippen molar-refractivity contribution in [1.82, 2.24) is 0 Å². The first-order valence-corrected chi connectivity index (χ1v) is 6.73. The van der Waals surface area contributed by atoms with Crippen LogP contribution in [0.25, 0.3) is 0 Å². The molecule has 1 N–H and O–H groups in total. The molecule has 0 radical (unpaired) electrons. The maximum atomic E-state index is 9.72. The lowest BCUT2D eigenvalue weighted by Crippen LogP contribution is -2.17. The Kier molecular flexibility index (Phi) is 5.06. The Hall–Kier alpha value is -1.18. The number of phenolic OH excluding ortho intramolecular Hbond substituents is 1. The summed E-state index contributed by atoms with van der Waals surface area (Å²) in [7, 11) is 1.63. The second-order valence-corrected chi connectivity index (χ2v) is 6.09. The summed E-state index contributed by atoms with van der Waals surface area (Å²) in [6, 6.07) is 5.51. The highest BCUT2D eigenvalue weighted by molar-refractivity contribution is 5.40. The Morgan fingerprint density at radius 1 is 1.22 bits per heavy atom. The number of rotatable bonds is 6. The summed E-state index contributed by atoms with van der Waals surface area (Å²) in [5.74, 6) is 1.75. The minimum Gasteiger partial charge on any atom is -0.508 e. The maximum Gasteiger partial charge on any atom is 0.122 e. The molecule has 0 atom stereocenters. The van der Waals surface area contributed by atoms with Crippen LogP contribution in [0, 0.1) is 5.92 Å². The van der Waals surface area contributed by atoms with Crippen LogP contribution in [0.3, 0.4) is 0 Å². The molecule has 0 bridgehead atoms. The summed E-state index contributed by atoms with van der Waals surface area (Å²) in [5.41, 5.74) is 1.21. The van der Waals surface area contributed by atoms with Gasteiger partial charge in [-0.1, -0.05) is 40.5 Å². The second-order valence-electron chi connectivity index (χ2n) is 6.09. The highest BCUT2D eigenvalue weighted by Crippen LogP contribution is 2.34. The van der Waals surface area contributed by atoms with Gasteiger partial charge < -0.3 is 9.84 Å². The van der Waals surface area contributed by atoms with Crippen molar-refractivity contribution < 1.29 is 9.84 Å². The van der Waals surface area contributed by atoms with Crippen molar-refractivity contribution in [2.45, 2.75) is 52.4 Å². The first kappa shape index (κ1) is 14.9. The molecule has 0 saturated carbocycles. The molecule has 1 rings (SSSR count). The van der Waals surface area contributed by atoms with E-state index in [0.717, 1.165) is 23.7 Å². The summed E-state index contributed by atoms with van der Waals surface area (Å²) >= 11 is 0. The number of methoxy groups -OCH3 is 1. The van der Waals surface area contributed by atoms with E-state index in [0.29, 0.717) is 0 Å². The SMILES string of the molecule is COc1cc(O)cc(C(C)(C)CCCC(C)C)c1. The molecule has 1 aromatic carbocycles. The number of phenols is 1. The number of hydrogen-bond acceptors (Lipinski definition) is 2. The van der Waals surface area contributed by atoms with E-state index >= 15 is 0 Å². The van der Waals surface area contributed by atoms with Gasteiger partial charge in [0.25, 0.3) is 0 Å². The van der Waals surface area contributed by atoms with Crippen LogP contribution in [0.5, 0.6) is 11.5 Å². The zero-order valence-electron chi connectivity index (χ0n) is 12.3. The molecule has 0 unspecified atom stereocenters. The van der Waals surface area contributed by atoms with Gasteiger partial charge in [-0.25, -0.2) is 0 Å². The van der Waals surface area contributed by atoms with E-state index in [9.17, 15) is 5.11 Å². The van der Waals surface area contributed by atoms with Gasteiger partial charge in [-0.2, -0.15) is 0 Å². The van der Waals surface area contributed by atoms with Gasteiger partial charge in [0, 0.05) is 6.07 Å². The van der Waals surface area contributed by atoms with Crippen molar-refractivity contribution in [2.75, 3.05) is 7.11 Å². The molecule has 0 aliphatic rings. The average molecular weight is 250 g/mol. The smallest absolute Gasteiger partial charge is 0.122 e. The molecule has 0 saturated heterocycles. The standard InChI is InChI=1S/C16H26O2/c1-12(2)7-6-8-16(3,4)13-9-14(17)11-15(10-13)18-5/h9-12,17H,6-8H2,1-5H3. The third-order valence-electron chi connectivity index (χ3n) is 3.49. The summed E-state index contributed by atoms with van der Waals surface area (Å²) in [5, 5.41) is 9.72. The quantitative estimate of drug-likeness (QED) is 0.805. The fourth-order valence-electron chi connectivity index (χ4n) is 2.19. The van der Waals surface area contributed by atoms with Crippen molar-refractivity contribution in [3.05, 3.63) is 23.8 Å². The van der Waals surface area contributed by atoms with Gasteiger partial charge in [0.15, 0.2) is 0 Å². The van der Waals surface area contributed by atoms with Crippen molar-refractivity contribution >= 4 is 0 Å². The summed E-state index contributed by atoms with van der Waals surface area (Å²) in [6.07, 6.45) is 3.58. The minimum atomic E-state index is 0.0703. The minimum absolute atomic E-state index is 0.0703. The van der Waals surface area contributed by atoms with Gasteiger partial charge in [-0.05, 0) is 35.4 Å². The zero-order valence-corrected chi connectivity index (χ0v) is 12.3. The zero-order chi connectivity index (χ0) is 13.8. The van der Waals surface area contributed by atoms with Crippen molar-refractivity contribution in [2.24, 2.45) is 5.92 Å². The molecular weight excluding hydrogens is 224 g/mol. The molecule has 2 nitrogen and oxygen atoms in total. The lowest BCUT2D eigenvalue weighted by atomic mass is 9.79. The van der Waals surface area contributed by atoms with Gasteiger partial charge in [-0.3, -0.25) is 0 Å². The van der Waals surface area contributed by atoms with Crippen molar-refractivity contribution in [3.63, 3.8) is 0 Å². The molecule has 0 aromatic heterocycles. The van der Waals surface area contributed by atoms with E-state index in [-0.39, 0.29) is 11.2 Å². The predicted octanol–water partition coefficient (Wildman–Crippen LogP) is 4.50. The van der Waals surface area contributed by atoms with Crippen LogP contribution < -0.4 is 4.74 Å². The fourth-order valence-corrected chi connectivity index (χ4v) is 2.19. The van der Waals surface area contributed by atoms with Gasteiger partial charge in [0.2, 0.25) is 0 Å². The number of hydrogen-bond donors (Lipinski definition) is 1. The summed E-state index contributed by atoms with van der Waals surface area (Å²) in [4.78, 5) is 0. The van der Waals surface area contributed by atoms with Crippen molar-refractivity contribution in [3.8, 4) is 11.5 Å². The number of ether oxygens (including phenoxy) is 1. The first-order valence-electron chi connectivity index (χ1n) is 6.73. The molecule has 1 aromatic rings. The van der Waals surface area contributed by atoms with Gasteiger partial charge >= 0.3 is 0 Å². The van der Waals surface area contributed by atoms with Crippen LogP contribution in [0.2, 0.25) is 0 Å². The van der Waals surface area contributed by atoms with Gasteiger partial charge in [0.1, 0.15) is 11.5 Å². The second kappa shape index (κ2) is 6.12. The molecule has 102 valence electrons. The van der Waals surface area contributed by atoms with E-state index in [2.05, 4.69) is 27.7 Å². The third kappa shape index (κ3) is 4.25. The van der Waals surface area contributed by atoms with Gasteiger partial charge in [-0.15, -0.1) is 0 Å². The lowest BCUT2D eigenvalue weighted by molar-refractivity contribution is 0.395. The van der Waals surface area contributed by atoms with Crippen LogP contribution in [-0.2, 0) is 5.41 Å². The third-order valence-corrected chi connectivity index (χ3v) is 3.49. The van der Waals surface area contributed by atoms with Gasteiger partial charge in [0.05, 0.1) is 7.11 Å². The monoisotopic (exact) mass is 250 g/mol. The highest BCUT2D eigenvalue weighted by Gasteiger charge is 2.21. The molecule has 0 aliphatic heterocycles. The molecule has 0 fully saturated rings. The highest BCUT2D eigenvalue weighted by atomic mass is 16.5. The molecule has 18 heavy (non-hydrogen) atoms. The molecular formula is C16H26O2. The normalized spacial score (nSPS) is 11.9. The topological polar surface area (TPSA) is 29.5 Å². The Morgan fingerprint density at radius 3 is 2.44 bits per heavy atom. The lowest BCUT2D eigenvalue weighted by Gasteiger charge is -2.26. The average Bonchev–Trinajstić information content (AvgIpc) is 2.27.